The van der Waals surface area contributed by atoms with E-state index in [0.29, 0.717) is 29.6 Å². The van der Waals surface area contributed by atoms with Crippen LogP contribution in [0.5, 0.6) is 5.75 Å². The average molecular weight is 624 g/mol. The smallest absolute Gasteiger partial charge is 0.266 e. The third-order valence-corrected chi connectivity index (χ3v) is 8.54. The second kappa shape index (κ2) is 12.8. The number of hydrogen-bond donors (Lipinski definition) is 2. The molecule has 1 aliphatic rings. The molecule has 1 aliphatic heterocycles. The molecule has 0 aliphatic carbocycles. The number of methoxy groups -OCH3 is 1. The highest BCUT2D eigenvalue weighted by Gasteiger charge is 2.23. The van der Waals surface area contributed by atoms with Gasteiger partial charge in [0, 0.05) is 67.2 Å². The fourth-order valence-corrected chi connectivity index (χ4v) is 6.13. The summed E-state index contributed by atoms with van der Waals surface area (Å²) in [6.45, 7) is 5.07. The molecule has 0 atom stereocenters. The highest BCUT2D eigenvalue weighted by Crippen LogP contribution is 2.40. The number of carbonyl (C=O) groups excluding carboxylic acids is 1. The predicted octanol–water partition coefficient (Wildman–Crippen LogP) is 6.00. The molecule has 0 unspecified atom stereocenters. The van der Waals surface area contributed by atoms with Gasteiger partial charge in [-0.2, -0.15) is 11.8 Å². The molecule has 0 saturated carbocycles. The van der Waals surface area contributed by atoms with E-state index in [-0.39, 0.29) is 10.8 Å². The molecule has 43 heavy (non-hydrogen) atoms. The SMILES string of the molecule is C=C(Cl)C(=O)Nc1cc(Nc2nc3c(c(-c4cn(C)c5ccc(F)cc45)n2)CSCC3)c(OC)cc1N(C)CCN(C)C. The Hall–Kier alpha value is -3.80. The van der Waals surface area contributed by atoms with Gasteiger partial charge in [0.2, 0.25) is 5.95 Å². The number of rotatable bonds is 10. The van der Waals surface area contributed by atoms with Crippen molar-refractivity contribution in [2.24, 2.45) is 7.05 Å². The van der Waals surface area contributed by atoms with Crippen LogP contribution in [0, 0.1) is 5.82 Å². The van der Waals surface area contributed by atoms with Crippen LogP contribution in [-0.4, -0.2) is 72.4 Å². The topological polar surface area (TPSA) is 87.5 Å². The molecule has 0 bridgehead atoms. The molecule has 226 valence electrons. The maximum atomic E-state index is 14.4. The Morgan fingerprint density at radius 1 is 1.19 bits per heavy atom. The lowest BCUT2D eigenvalue weighted by Crippen LogP contribution is -2.29. The standard InChI is InChI=1S/C31H35ClFN7O2S/c1-18(32)30(41)34-24-14-25(28(42-6)15-27(24)39(4)11-10-38(2)3)36-31-35-23-9-12-43-17-22(23)29(37-31)21-16-40(5)26-8-7-19(33)13-20(21)26/h7-8,13-16H,1,9-12,17H2,2-6H3,(H,34,41)(H,35,36,37). The zero-order valence-corrected chi connectivity index (χ0v) is 26.5. The Morgan fingerprint density at radius 2 is 1.98 bits per heavy atom. The highest BCUT2D eigenvalue weighted by molar-refractivity contribution is 7.98. The summed E-state index contributed by atoms with van der Waals surface area (Å²) in [6, 6.07) is 8.44. The van der Waals surface area contributed by atoms with Crippen LogP contribution in [0.4, 0.5) is 27.4 Å². The number of anilines is 4. The number of likely N-dealkylation sites (N-methyl/N-ethyl adjacent to an activating group) is 2. The quantitative estimate of drug-likeness (QED) is 0.208. The lowest BCUT2D eigenvalue weighted by Gasteiger charge is -2.26. The van der Waals surface area contributed by atoms with Crippen molar-refractivity contribution in [2.45, 2.75) is 12.2 Å². The fourth-order valence-electron chi connectivity index (χ4n) is 5.10. The Labute approximate surface area is 260 Å². The number of aromatic nitrogens is 3. The fraction of sp³-hybridized carbons (Fsp3) is 0.323. The van der Waals surface area contributed by atoms with Crippen molar-refractivity contribution in [1.82, 2.24) is 19.4 Å². The van der Waals surface area contributed by atoms with Crippen molar-refractivity contribution in [3.8, 4) is 17.0 Å². The van der Waals surface area contributed by atoms with E-state index in [2.05, 4.69) is 22.1 Å². The predicted molar refractivity (Wildman–Crippen MR) is 175 cm³/mol. The molecule has 0 saturated heterocycles. The number of ether oxygens (including phenoxy) is 1. The van der Waals surface area contributed by atoms with Gasteiger partial charge in [0.1, 0.15) is 11.6 Å². The second-order valence-electron chi connectivity index (χ2n) is 10.7. The number of amides is 1. The minimum absolute atomic E-state index is 0.126. The Morgan fingerprint density at radius 3 is 2.70 bits per heavy atom. The summed E-state index contributed by atoms with van der Waals surface area (Å²) in [4.78, 5) is 26.6. The van der Waals surface area contributed by atoms with Crippen molar-refractivity contribution >= 4 is 63.2 Å². The number of fused-ring (bicyclic) bond motifs is 2. The second-order valence-corrected chi connectivity index (χ2v) is 12.3. The summed E-state index contributed by atoms with van der Waals surface area (Å²) in [6.07, 6.45) is 2.77. The zero-order valence-electron chi connectivity index (χ0n) is 24.9. The van der Waals surface area contributed by atoms with Gasteiger partial charge >= 0.3 is 0 Å². The van der Waals surface area contributed by atoms with E-state index >= 15 is 0 Å². The van der Waals surface area contributed by atoms with Crippen LogP contribution in [0.2, 0.25) is 0 Å². The molecule has 4 aromatic rings. The summed E-state index contributed by atoms with van der Waals surface area (Å²) >= 11 is 7.75. The molecular formula is C31H35ClFN7O2S. The van der Waals surface area contributed by atoms with Crippen LogP contribution < -0.4 is 20.3 Å². The minimum Gasteiger partial charge on any atom is -0.494 e. The first-order chi connectivity index (χ1) is 20.5. The maximum absolute atomic E-state index is 14.4. The van der Waals surface area contributed by atoms with E-state index in [9.17, 15) is 9.18 Å². The Balaban J connectivity index is 1.61. The molecule has 0 radical (unpaired) electrons. The molecule has 0 fully saturated rings. The van der Waals surface area contributed by atoms with Gasteiger partial charge in [0.15, 0.2) is 0 Å². The molecule has 0 spiro atoms. The van der Waals surface area contributed by atoms with Crippen molar-refractivity contribution in [3.05, 3.63) is 65.2 Å². The molecule has 5 rings (SSSR count). The van der Waals surface area contributed by atoms with Crippen LogP contribution in [0.1, 0.15) is 11.3 Å². The van der Waals surface area contributed by atoms with Gasteiger partial charge in [0.25, 0.3) is 5.91 Å². The molecular weight excluding hydrogens is 589 g/mol. The Kier molecular flexibility index (Phi) is 9.14. The maximum Gasteiger partial charge on any atom is 0.266 e. The lowest BCUT2D eigenvalue weighted by molar-refractivity contribution is -0.112. The van der Waals surface area contributed by atoms with Crippen LogP contribution in [-0.2, 0) is 24.0 Å². The third-order valence-electron chi connectivity index (χ3n) is 7.38. The van der Waals surface area contributed by atoms with Crippen LogP contribution in [0.15, 0.2) is 48.1 Å². The van der Waals surface area contributed by atoms with E-state index in [4.69, 9.17) is 26.3 Å². The number of benzene rings is 2. The number of nitrogens with one attached hydrogen (secondary N) is 2. The average Bonchev–Trinajstić information content (AvgIpc) is 3.30. The van der Waals surface area contributed by atoms with E-state index in [1.807, 2.05) is 61.7 Å². The zero-order chi connectivity index (χ0) is 30.8. The monoisotopic (exact) mass is 623 g/mol. The van der Waals surface area contributed by atoms with Crippen molar-refractivity contribution in [3.63, 3.8) is 0 Å². The summed E-state index contributed by atoms with van der Waals surface area (Å²) < 4.78 is 22.1. The number of carbonyl (C=O) groups is 1. The van der Waals surface area contributed by atoms with Crippen molar-refractivity contribution < 1.29 is 13.9 Å². The molecule has 9 nitrogen and oxygen atoms in total. The first-order valence-electron chi connectivity index (χ1n) is 13.8. The van der Waals surface area contributed by atoms with E-state index in [1.165, 1.54) is 6.07 Å². The first kappa shape index (κ1) is 30.7. The minimum atomic E-state index is -0.506. The lowest BCUT2D eigenvalue weighted by atomic mass is 10.0. The Bertz CT molecular complexity index is 1710. The molecule has 2 aromatic carbocycles. The van der Waals surface area contributed by atoms with Crippen molar-refractivity contribution in [1.29, 1.82) is 0 Å². The molecule has 2 aromatic heterocycles. The molecule has 2 N–H and O–H groups in total. The van der Waals surface area contributed by atoms with Gasteiger partial charge < -0.3 is 29.7 Å². The van der Waals surface area contributed by atoms with E-state index in [1.54, 1.807) is 25.3 Å². The first-order valence-corrected chi connectivity index (χ1v) is 15.3. The van der Waals surface area contributed by atoms with Crippen LogP contribution >= 0.6 is 23.4 Å². The summed E-state index contributed by atoms with van der Waals surface area (Å²) in [5, 5.41) is 6.87. The number of hydrogen-bond acceptors (Lipinski definition) is 8. The number of halogens is 2. The highest BCUT2D eigenvalue weighted by atomic mass is 35.5. The number of nitrogens with zero attached hydrogens (tertiary/aromatic N) is 5. The summed E-state index contributed by atoms with van der Waals surface area (Å²) in [5.74, 6) is 1.83. The van der Waals surface area contributed by atoms with Gasteiger partial charge in [-0.25, -0.2) is 14.4 Å². The van der Waals surface area contributed by atoms with Gasteiger partial charge in [0.05, 0.1) is 40.6 Å². The van der Waals surface area contributed by atoms with Gasteiger partial charge in [-0.05, 0) is 50.5 Å². The largest absolute Gasteiger partial charge is 0.494 e. The van der Waals surface area contributed by atoms with Crippen molar-refractivity contribution in [2.75, 3.05) is 62.6 Å². The van der Waals surface area contributed by atoms with Gasteiger partial charge in [-0.3, -0.25) is 4.79 Å². The normalized spacial score (nSPS) is 12.7. The van der Waals surface area contributed by atoms with Crippen LogP contribution in [0.3, 0.4) is 0 Å². The summed E-state index contributed by atoms with van der Waals surface area (Å²) in [5.41, 5.74) is 6.36. The third kappa shape index (κ3) is 6.58. The summed E-state index contributed by atoms with van der Waals surface area (Å²) in [7, 11) is 9.48. The molecule has 1 amide bonds. The molecule has 12 heteroatoms. The van der Waals surface area contributed by atoms with Gasteiger partial charge in [-0.15, -0.1) is 0 Å². The van der Waals surface area contributed by atoms with Crippen LogP contribution in [0.25, 0.3) is 22.2 Å². The van der Waals surface area contributed by atoms with E-state index < -0.39 is 5.91 Å². The number of thioether (sulfide) groups is 1. The van der Waals surface area contributed by atoms with E-state index in [0.717, 1.165) is 63.6 Å². The van der Waals surface area contributed by atoms with Gasteiger partial charge in [-0.1, -0.05) is 18.2 Å². The molecule has 3 heterocycles. The number of aryl methyl sites for hydroxylation is 2.